The number of anilines is 2. The van der Waals surface area contributed by atoms with Crippen LogP contribution >= 0.6 is 15.9 Å². The first kappa shape index (κ1) is 19.4. The van der Waals surface area contributed by atoms with Gasteiger partial charge in [-0.1, -0.05) is 28.1 Å². The number of likely N-dealkylation sites (N-methyl/N-ethyl adjacent to an activating group) is 1. The average Bonchev–Trinajstić information content (AvgIpc) is 2.60. The van der Waals surface area contributed by atoms with Crippen molar-refractivity contribution in [2.45, 2.75) is 19.9 Å². The number of rotatable bonds is 4. The monoisotopic (exact) mass is 431 g/mol. The Labute approximate surface area is 167 Å². The molecule has 0 fully saturated rings. The molecular formula is C20H22BrN3O3. The fourth-order valence-corrected chi connectivity index (χ4v) is 3.78. The lowest BCUT2D eigenvalue weighted by molar-refractivity contribution is -0.114. The molecular weight excluding hydrogens is 410 g/mol. The zero-order valence-corrected chi connectivity index (χ0v) is 17.1. The summed E-state index contributed by atoms with van der Waals surface area (Å²) in [7, 11) is 3.57. The van der Waals surface area contributed by atoms with E-state index in [9.17, 15) is 9.59 Å². The largest absolute Gasteiger partial charge is 0.494 e. The van der Waals surface area contributed by atoms with Crippen LogP contribution in [0.5, 0.6) is 5.75 Å². The van der Waals surface area contributed by atoms with Crippen LogP contribution in [0.15, 0.2) is 34.8 Å². The molecule has 0 radical (unpaired) electrons. The second-order valence-corrected chi connectivity index (χ2v) is 7.52. The Bertz CT molecular complexity index is 898. The number of fused-ring (bicyclic) bond motifs is 1. The second kappa shape index (κ2) is 8.10. The van der Waals surface area contributed by atoms with Gasteiger partial charge in [0.25, 0.3) is 5.91 Å². The van der Waals surface area contributed by atoms with Gasteiger partial charge in [0.05, 0.1) is 18.4 Å². The number of amides is 2. The van der Waals surface area contributed by atoms with Crippen molar-refractivity contribution in [1.82, 2.24) is 4.90 Å². The maximum absolute atomic E-state index is 13.0. The third-order valence-corrected chi connectivity index (χ3v) is 4.98. The minimum absolute atomic E-state index is 0.237. The number of ether oxygens (including phenoxy) is 1. The first-order valence-corrected chi connectivity index (χ1v) is 9.44. The minimum atomic E-state index is -0.285. The molecule has 2 aromatic carbocycles. The number of benzene rings is 2. The lowest BCUT2D eigenvalue weighted by Gasteiger charge is -2.27. The summed E-state index contributed by atoms with van der Waals surface area (Å²) in [5.74, 6) is -0.193. The van der Waals surface area contributed by atoms with E-state index in [2.05, 4.69) is 44.6 Å². The molecule has 27 heavy (non-hydrogen) atoms. The number of nitrogens with zero attached hydrogens (tertiary/aromatic N) is 1. The Hall–Kier alpha value is -2.38. The first-order valence-electron chi connectivity index (χ1n) is 8.65. The summed E-state index contributed by atoms with van der Waals surface area (Å²) in [5.41, 5.74) is 4.00. The Morgan fingerprint density at radius 3 is 2.67 bits per heavy atom. The van der Waals surface area contributed by atoms with Crippen LogP contribution in [0.3, 0.4) is 0 Å². The van der Waals surface area contributed by atoms with E-state index in [-0.39, 0.29) is 11.8 Å². The Morgan fingerprint density at radius 2 is 1.96 bits per heavy atom. The van der Waals surface area contributed by atoms with Crippen LogP contribution in [0.2, 0.25) is 0 Å². The van der Waals surface area contributed by atoms with Crippen LogP contribution in [-0.4, -0.2) is 37.4 Å². The third-order valence-electron chi connectivity index (χ3n) is 4.52. The van der Waals surface area contributed by atoms with E-state index in [1.165, 1.54) is 25.2 Å². The molecule has 0 saturated heterocycles. The summed E-state index contributed by atoms with van der Waals surface area (Å²) in [5, 5.41) is 5.71. The molecule has 1 aliphatic rings. The van der Waals surface area contributed by atoms with E-state index in [1.807, 2.05) is 12.1 Å². The van der Waals surface area contributed by atoms with Crippen LogP contribution in [0.4, 0.5) is 11.4 Å². The molecule has 142 valence electrons. The highest BCUT2D eigenvalue weighted by Gasteiger charge is 2.21. The van der Waals surface area contributed by atoms with Gasteiger partial charge in [0, 0.05) is 30.2 Å². The van der Waals surface area contributed by atoms with Gasteiger partial charge in [-0.2, -0.15) is 0 Å². The van der Waals surface area contributed by atoms with Gasteiger partial charge in [-0.25, -0.2) is 0 Å². The average molecular weight is 432 g/mol. The molecule has 6 nitrogen and oxygen atoms in total. The fraction of sp³-hybridized carbons (Fsp3) is 0.300. The van der Waals surface area contributed by atoms with Gasteiger partial charge >= 0.3 is 0 Å². The van der Waals surface area contributed by atoms with Crippen LogP contribution in [0.25, 0.3) is 0 Å². The number of nitrogens with one attached hydrogen (secondary N) is 2. The molecule has 0 atom stereocenters. The highest BCUT2D eigenvalue weighted by atomic mass is 79.9. The molecule has 3 rings (SSSR count). The Balaban J connectivity index is 1.94. The maximum Gasteiger partial charge on any atom is 0.259 e. The van der Waals surface area contributed by atoms with E-state index in [0.29, 0.717) is 21.5 Å². The van der Waals surface area contributed by atoms with E-state index < -0.39 is 0 Å². The van der Waals surface area contributed by atoms with Crippen molar-refractivity contribution >= 4 is 39.1 Å². The number of halogens is 1. The van der Waals surface area contributed by atoms with Crippen LogP contribution in [0.1, 0.15) is 28.4 Å². The molecule has 0 bridgehead atoms. The van der Waals surface area contributed by atoms with Gasteiger partial charge in [0.2, 0.25) is 5.91 Å². The number of hydrogen-bond donors (Lipinski definition) is 2. The van der Waals surface area contributed by atoms with Gasteiger partial charge in [0.15, 0.2) is 5.75 Å². The van der Waals surface area contributed by atoms with Gasteiger partial charge in [-0.3, -0.25) is 9.59 Å². The van der Waals surface area contributed by atoms with Crippen molar-refractivity contribution in [3.05, 3.63) is 51.5 Å². The summed E-state index contributed by atoms with van der Waals surface area (Å²) in [4.78, 5) is 26.7. The number of hydrogen-bond acceptors (Lipinski definition) is 4. The van der Waals surface area contributed by atoms with Gasteiger partial charge in [-0.05, 0) is 42.8 Å². The highest BCUT2D eigenvalue weighted by molar-refractivity contribution is 9.10. The molecule has 0 aromatic heterocycles. The molecule has 1 heterocycles. The molecule has 2 N–H and O–H groups in total. The van der Waals surface area contributed by atoms with Crippen molar-refractivity contribution in [3.63, 3.8) is 0 Å². The molecule has 1 aliphatic heterocycles. The van der Waals surface area contributed by atoms with Gasteiger partial charge in [0.1, 0.15) is 0 Å². The Morgan fingerprint density at radius 1 is 1.19 bits per heavy atom. The molecule has 0 unspecified atom stereocenters. The molecule has 0 aliphatic carbocycles. The molecule has 0 saturated carbocycles. The zero-order chi connectivity index (χ0) is 19.6. The predicted molar refractivity (Wildman–Crippen MR) is 109 cm³/mol. The lowest BCUT2D eigenvalue weighted by atomic mass is 9.98. The SMILES string of the molecule is COc1c(NC(C)=O)cc(Br)cc1C(=O)Nc1cccc2c1CCN(C)C2. The fourth-order valence-electron chi connectivity index (χ4n) is 3.32. The summed E-state index contributed by atoms with van der Waals surface area (Å²) in [6.07, 6.45) is 0.884. The van der Waals surface area contributed by atoms with E-state index >= 15 is 0 Å². The minimum Gasteiger partial charge on any atom is -0.494 e. The predicted octanol–water partition coefficient (Wildman–Crippen LogP) is 3.66. The normalized spacial score (nSPS) is 13.6. The molecule has 2 aromatic rings. The number of carbonyl (C=O) groups is 2. The van der Waals surface area contributed by atoms with Crippen molar-refractivity contribution in [1.29, 1.82) is 0 Å². The number of carbonyl (C=O) groups excluding carboxylic acids is 2. The standard InChI is InChI=1S/C20H22BrN3O3/c1-12(25)22-18-10-14(21)9-16(19(18)27-3)20(26)23-17-6-4-5-13-11-24(2)8-7-15(13)17/h4-6,9-10H,7-8,11H2,1-3H3,(H,22,25)(H,23,26). The molecule has 2 amide bonds. The van der Waals surface area contributed by atoms with Gasteiger partial charge in [-0.15, -0.1) is 0 Å². The van der Waals surface area contributed by atoms with Crippen molar-refractivity contribution < 1.29 is 14.3 Å². The van der Waals surface area contributed by atoms with Crippen LogP contribution < -0.4 is 15.4 Å². The van der Waals surface area contributed by atoms with Crippen LogP contribution in [-0.2, 0) is 17.8 Å². The van der Waals surface area contributed by atoms with Gasteiger partial charge < -0.3 is 20.3 Å². The quantitative estimate of drug-likeness (QED) is 0.774. The smallest absolute Gasteiger partial charge is 0.259 e. The van der Waals surface area contributed by atoms with E-state index in [4.69, 9.17) is 4.74 Å². The molecule has 7 heteroatoms. The van der Waals surface area contributed by atoms with Crippen molar-refractivity contribution in [3.8, 4) is 5.75 Å². The summed E-state index contributed by atoms with van der Waals surface area (Å²) >= 11 is 3.39. The topological polar surface area (TPSA) is 70.7 Å². The summed E-state index contributed by atoms with van der Waals surface area (Å²) in [6, 6.07) is 9.35. The Kier molecular flexibility index (Phi) is 5.82. The van der Waals surface area contributed by atoms with Crippen LogP contribution in [0, 0.1) is 0 Å². The second-order valence-electron chi connectivity index (χ2n) is 6.60. The lowest BCUT2D eigenvalue weighted by Crippen LogP contribution is -2.27. The highest BCUT2D eigenvalue weighted by Crippen LogP contribution is 2.34. The van der Waals surface area contributed by atoms with E-state index in [0.717, 1.165) is 25.2 Å². The van der Waals surface area contributed by atoms with Crippen molar-refractivity contribution in [2.75, 3.05) is 31.3 Å². The maximum atomic E-state index is 13.0. The van der Waals surface area contributed by atoms with E-state index in [1.54, 1.807) is 12.1 Å². The summed E-state index contributed by atoms with van der Waals surface area (Å²) < 4.78 is 6.09. The summed E-state index contributed by atoms with van der Waals surface area (Å²) in [6.45, 7) is 3.23. The zero-order valence-electron chi connectivity index (χ0n) is 15.6. The first-order chi connectivity index (χ1) is 12.9. The van der Waals surface area contributed by atoms with Crippen molar-refractivity contribution in [2.24, 2.45) is 0 Å². The molecule has 0 spiro atoms. The third kappa shape index (κ3) is 4.31. The number of methoxy groups -OCH3 is 1.